The van der Waals surface area contributed by atoms with Gasteiger partial charge in [-0.15, -0.1) is 0 Å². The molecule has 1 heterocycles. The van der Waals surface area contributed by atoms with Crippen molar-refractivity contribution >= 4 is 5.91 Å². The number of aliphatic hydroxyl groups is 1. The number of amides is 1. The molecule has 1 amide bonds. The Hall–Kier alpha value is -1.36. The number of carbonyl (C=O) groups excluding carboxylic acids is 1. The fraction of sp³-hybridized carbons (Fsp3) is 0.857. The van der Waals surface area contributed by atoms with Gasteiger partial charge in [0.25, 0.3) is 5.91 Å². The highest BCUT2D eigenvalue weighted by Crippen LogP contribution is 2.54. The van der Waals surface area contributed by atoms with Gasteiger partial charge in [0.1, 0.15) is 0 Å². The first-order chi connectivity index (χ1) is 15.9. The Morgan fingerprint density at radius 2 is 1.82 bits per heavy atom. The predicted molar refractivity (Wildman–Crippen MR) is 133 cm³/mol. The van der Waals surface area contributed by atoms with E-state index in [1.807, 2.05) is 0 Å². The lowest BCUT2D eigenvalue weighted by Gasteiger charge is -2.53. The molecule has 3 atom stereocenters. The molecular formula is C28H47N3O2. The van der Waals surface area contributed by atoms with Gasteiger partial charge in [-0.3, -0.25) is 9.48 Å². The summed E-state index contributed by atoms with van der Waals surface area (Å²) >= 11 is 0. The van der Waals surface area contributed by atoms with Crippen LogP contribution >= 0.6 is 0 Å². The third-order valence-corrected chi connectivity index (χ3v) is 9.12. The minimum atomic E-state index is 0.00192. The molecule has 0 aromatic carbocycles. The minimum absolute atomic E-state index is 0.00192. The highest BCUT2D eigenvalue weighted by Gasteiger charge is 2.48. The van der Waals surface area contributed by atoms with Gasteiger partial charge in [-0.2, -0.15) is 5.10 Å². The van der Waals surface area contributed by atoms with Crippen LogP contribution < -0.4 is 5.32 Å². The second kappa shape index (κ2) is 10.5. The summed E-state index contributed by atoms with van der Waals surface area (Å²) in [7, 11) is 0. The molecule has 4 rings (SSSR count). The number of aliphatic hydroxyl groups excluding tert-OH is 1. The molecule has 3 aliphatic carbocycles. The number of fused-ring (bicyclic) bond motifs is 2. The zero-order chi connectivity index (χ0) is 23.6. The maximum Gasteiger partial charge on any atom is 0.272 e. The van der Waals surface area contributed by atoms with E-state index in [2.05, 4.69) is 37.7 Å². The summed E-state index contributed by atoms with van der Waals surface area (Å²) in [5.74, 6) is 2.30. The van der Waals surface area contributed by atoms with E-state index in [1.165, 1.54) is 57.1 Å². The van der Waals surface area contributed by atoms with Crippen LogP contribution in [0.25, 0.3) is 0 Å². The van der Waals surface area contributed by atoms with Crippen LogP contribution in [0.1, 0.15) is 126 Å². The van der Waals surface area contributed by atoms with Gasteiger partial charge in [-0.05, 0) is 94.3 Å². The quantitative estimate of drug-likeness (QED) is 0.515. The van der Waals surface area contributed by atoms with Crippen LogP contribution in [0, 0.1) is 23.2 Å². The zero-order valence-electron chi connectivity index (χ0n) is 21.5. The third kappa shape index (κ3) is 5.18. The Labute approximate surface area is 201 Å². The van der Waals surface area contributed by atoms with E-state index in [0.717, 1.165) is 49.0 Å². The van der Waals surface area contributed by atoms with Crippen molar-refractivity contribution in [1.82, 2.24) is 15.1 Å². The molecule has 3 saturated carbocycles. The minimum Gasteiger partial charge on any atom is -0.396 e. The van der Waals surface area contributed by atoms with Crippen LogP contribution in [0.2, 0.25) is 0 Å². The van der Waals surface area contributed by atoms with Crippen molar-refractivity contribution in [2.75, 3.05) is 6.61 Å². The van der Waals surface area contributed by atoms with Crippen molar-refractivity contribution in [3.8, 4) is 0 Å². The topological polar surface area (TPSA) is 67.2 Å². The second-order valence-corrected chi connectivity index (χ2v) is 11.9. The van der Waals surface area contributed by atoms with Gasteiger partial charge >= 0.3 is 0 Å². The van der Waals surface area contributed by atoms with Crippen molar-refractivity contribution in [3.63, 3.8) is 0 Å². The number of rotatable bonds is 8. The summed E-state index contributed by atoms with van der Waals surface area (Å²) in [6, 6.07) is 0.576. The Bertz CT molecular complexity index is 791. The summed E-state index contributed by atoms with van der Waals surface area (Å²) in [6.45, 7) is 9.37. The van der Waals surface area contributed by atoms with Gasteiger partial charge in [0.2, 0.25) is 0 Å². The molecule has 2 bridgehead atoms. The molecule has 0 saturated heterocycles. The standard InChI is InChI=1S/C28H47N3O2/c1-5-25-24(12-9-13-32)26(30-31(25)23-10-7-6-8-11-23)27(33)29-21(4)28-16-19(2)14-22(18-28)15-20(3)17-28/h19-23,32H,5-18H2,1-4H3,(H,29,33). The summed E-state index contributed by atoms with van der Waals surface area (Å²) in [5, 5.41) is 18.0. The zero-order valence-corrected chi connectivity index (χ0v) is 21.5. The highest BCUT2D eigenvalue weighted by molar-refractivity contribution is 5.94. The number of nitrogens with one attached hydrogen (secondary N) is 1. The van der Waals surface area contributed by atoms with Crippen LogP contribution in [0.5, 0.6) is 0 Å². The van der Waals surface area contributed by atoms with E-state index in [4.69, 9.17) is 5.10 Å². The van der Waals surface area contributed by atoms with E-state index in [-0.39, 0.29) is 24.0 Å². The fourth-order valence-corrected chi connectivity index (χ4v) is 7.94. The van der Waals surface area contributed by atoms with Gasteiger partial charge in [0.05, 0.1) is 6.04 Å². The molecule has 1 aromatic heterocycles. The van der Waals surface area contributed by atoms with Crippen molar-refractivity contribution in [2.24, 2.45) is 23.2 Å². The molecule has 5 nitrogen and oxygen atoms in total. The van der Waals surface area contributed by atoms with Crippen molar-refractivity contribution in [1.29, 1.82) is 0 Å². The molecule has 0 radical (unpaired) electrons. The van der Waals surface area contributed by atoms with Crippen molar-refractivity contribution in [3.05, 3.63) is 17.0 Å². The van der Waals surface area contributed by atoms with Crippen LogP contribution in [0.15, 0.2) is 0 Å². The molecule has 3 aliphatic rings. The molecule has 3 unspecified atom stereocenters. The van der Waals surface area contributed by atoms with Crippen molar-refractivity contribution < 1.29 is 9.90 Å². The van der Waals surface area contributed by atoms with Gasteiger partial charge < -0.3 is 10.4 Å². The first kappa shape index (κ1) is 24.8. The molecule has 1 aromatic rings. The Morgan fingerprint density at radius 1 is 1.15 bits per heavy atom. The predicted octanol–water partition coefficient (Wildman–Crippen LogP) is 5.85. The summed E-state index contributed by atoms with van der Waals surface area (Å²) in [5.41, 5.74) is 3.13. The lowest BCUT2D eigenvalue weighted by atomic mass is 9.54. The van der Waals surface area contributed by atoms with Crippen LogP contribution in [-0.4, -0.2) is 33.4 Å². The van der Waals surface area contributed by atoms with E-state index in [1.54, 1.807) is 0 Å². The van der Waals surface area contributed by atoms with Crippen LogP contribution in [0.4, 0.5) is 0 Å². The molecule has 2 N–H and O–H groups in total. The molecule has 5 heteroatoms. The number of hydrogen-bond acceptors (Lipinski definition) is 3. The number of hydrogen-bond donors (Lipinski definition) is 2. The van der Waals surface area contributed by atoms with Crippen LogP contribution in [-0.2, 0) is 12.8 Å². The molecule has 33 heavy (non-hydrogen) atoms. The number of aromatic nitrogens is 2. The van der Waals surface area contributed by atoms with Gasteiger partial charge in [-0.25, -0.2) is 0 Å². The lowest BCUT2D eigenvalue weighted by molar-refractivity contribution is -0.00657. The maximum atomic E-state index is 13.7. The van der Waals surface area contributed by atoms with Crippen LogP contribution in [0.3, 0.4) is 0 Å². The maximum absolute atomic E-state index is 13.7. The van der Waals surface area contributed by atoms with Crippen molar-refractivity contribution in [2.45, 2.75) is 123 Å². The summed E-state index contributed by atoms with van der Waals surface area (Å²) in [6.07, 6.45) is 14.8. The Kier molecular flexibility index (Phi) is 7.87. The summed E-state index contributed by atoms with van der Waals surface area (Å²) in [4.78, 5) is 13.7. The molecule has 0 aliphatic heterocycles. The number of nitrogens with zero attached hydrogens (tertiary/aromatic N) is 2. The monoisotopic (exact) mass is 457 g/mol. The van der Waals surface area contributed by atoms with E-state index in [9.17, 15) is 9.90 Å². The number of carbonyl (C=O) groups is 1. The molecule has 3 fully saturated rings. The Balaban J connectivity index is 1.59. The van der Waals surface area contributed by atoms with Gasteiger partial charge in [0.15, 0.2) is 5.69 Å². The SMILES string of the molecule is CCc1c(CCCO)c(C(=O)NC(C)C23CC(C)CC(CC(C)C2)C3)nn1C1CCCCC1. The molecular weight excluding hydrogens is 410 g/mol. The third-order valence-electron chi connectivity index (χ3n) is 9.12. The lowest BCUT2D eigenvalue weighted by Crippen LogP contribution is -2.52. The average molecular weight is 458 g/mol. The van der Waals surface area contributed by atoms with E-state index in [0.29, 0.717) is 18.2 Å². The smallest absolute Gasteiger partial charge is 0.272 e. The fourth-order valence-electron chi connectivity index (χ4n) is 7.94. The first-order valence-corrected chi connectivity index (χ1v) is 13.9. The highest BCUT2D eigenvalue weighted by atomic mass is 16.3. The second-order valence-electron chi connectivity index (χ2n) is 11.9. The molecule has 186 valence electrons. The largest absolute Gasteiger partial charge is 0.396 e. The van der Waals surface area contributed by atoms with E-state index < -0.39 is 0 Å². The van der Waals surface area contributed by atoms with Gasteiger partial charge in [0, 0.05) is 23.9 Å². The van der Waals surface area contributed by atoms with Gasteiger partial charge in [-0.1, -0.05) is 40.0 Å². The normalized spacial score (nSPS) is 31.4. The Morgan fingerprint density at radius 3 is 2.42 bits per heavy atom. The van der Waals surface area contributed by atoms with E-state index >= 15 is 0 Å². The first-order valence-electron chi connectivity index (χ1n) is 13.9. The summed E-state index contributed by atoms with van der Waals surface area (Å²) < 4.78 is 2.20. The molecule has 0 spiro atoms. The average Bonchev–Trinajstić information content (AvgIpc) is 3.15.